The molecule has 0 unspecified atom stereocenters. The lowest BCUT2D eigenvalue weighted by molar-refractivity contribution is -0.116. The molecule has 25 heavy (non-hydrogen) atoms. The lowest BCUT2D eigenvalue weighted by atomic mass is 10.1. The first-order chi connectivity index (χ1) is 12.2. The molecule has 5 nitrogen and oxygen atoms in total. The molecule has 1 amide bonds. The molecule has 1 saturated heterocycles. The van der Waals surface area contributed by atoms with E-state index >= 15 is 0 Å². The minimum atomic E-state index is 0.0324. The van der Waals surface area contributed by atoms with Crippen LogP contribution in [0, 0.1) is 0 Å². The molecule has 3 rings (SSSR count). The Bertz CT molecular complexity index is 677. The first-order valence-corrected chi connectivity index (χ1v) is 9.42. The van der Waals surface area contributed by atoms with E-state index in [0.29, 0.717) is 17.3 Å². The molecule has 0 bridgehead atoms. The minimum Gasteiger partial charge on any atom is -0.311 e. The highest BCUT2D eigenvalue weighted by molar-refractivity contribution is 6.30. The highest BCUT2D eigenvalue weighted by Gasteiger charge is 2.10. The molecule has 1 aromatic heterocycles. The third kappa shape index (κ3) is 5.58. The molecule has 1 aliphatic rings. The number of aromatic nitrogens is 2. The Morgan fingerprint density at radius 3 is 2.68 bits per heavy atom. The lowest BCUT2D eigenvalue weighted by Gasteiger charge is -2.26. The Balaban J connectivity index is 1.40. The van der Waals surface area contributed by atoms with Crippen molar-refractivity contribution in [2.45, 2.75) is 38.5 Å². The van der Waals surface area contributed by atoms with Crippen molar-refractivity contribution in [2.24, 2.45) is 0 Å². The monoisotopic (exact) mass is 360 g/mol. The van der Waals surface area contributed by atoms with E-state index in [9.17, 15) is 4.79 Å². The third-order valence-electron chi connectivity index (χ3n) is 4.57. The van der Waals surface area contributed by atoms with Crippen LogP contribution in [0.3, 0.4) is 0 Å². The standard InChI is InChI=1S/C19H25ClN4O/c20-16-9-7-15(8-10-16)17-14-18(23-22-17)21-19(25)6-2-5-13-24-11-3-1-4-12-24/h7-10,14H,1-6,11-13H2,(H2,21,22,23,25). The van der Waals surface area contributed by atoms with Crippen molar-refractivity contribution in [2.75, 3.05) is 25.0 Å². The highest BCUT2D eigenvalue weighted by atomic mass is 35.5. The first kappa shape index (κ1) is 18.0. The Morgan fingerprint density at radius 1 is 1.16 bits per heavy atom. The van der Waals surface area contributed by atoms with Crippen molar-refractivity contribution < 1.29 is 4.79 Å². The van der Waals surface area contributed by atoms with Gasteiger partial charge in [0.25, 0.3) is 0 Å². The van der Waals surface area contributed by atoms with Crippen LogP contribution in [0.5, 0.6) is 0 Å². The van der Waals surface area contributed by atoms with Crippen molar-refractivity contribution in [1.29, 1.82) is 0 Å². The van der Waals surface area contributed by atoms with Gasteiger partial charge in [0.2, 0.25) is 5.91 Å². The summed E-state index contributed by atoms with van der Waals surface area (Å²) >= 11 is 5.89. The number of benzene rings is 1. The number of nitrogens with zero attached hydrogens (tertiary/aromatic N) is 2. The van der Waals surface area contributed by atoms with E-state index in [1.807, 2.05) is 30.3 Å². The van der Waals surface area contributed by atoms with Crippen LogP contribution in [-0.2, 0) is 4.79 Å². The van der Waals surface area contributed by atoms with E-state index in [2.05, 4.69) is 20.4 Å². The molecule has 0 saturated carbocycles. The Labute approximate surface area is 153 Å². The summed E-state index contributed by atoms with van der Waals surface area (Å²) < 4.78 is 0. The third-order valence-corrected chi connectivity index (χ3v) is 4.82. The minimum absolute atomic E-state index is 0.0324. The number of aromatic amines is 1. The summed E-state index contributed by atoms with van der Waals surface area (Å²) in [5.41, 5.74) is 1.75. The van der Waals surface area contributed by atoms with Crippen LogP contribution in [0.2, 0.25) is 5.02 Å². The second-order valence-electron chi connectivity index (χ2n) is 6.58. The van der Waals surface area contributed by atoms with Crippen molar-refractivity contribution in [3.63, 3.8) is 0 Å². The molecule has 0 atom stereocenters. The molecule has 1 aliphatic heterocycles. The summed E-state index contributed by atoms with van der Waals surface area (Å²) in [6, 6.07) is 9.31. The van der Waals surface area contributed by atoms with Crippen molar-refractivity contribution >= 4 is 23.3 Å². The summed E-state index contributed by atoms with van der Waals surface area (Å²) in [6.07, 6.45) is 6.53. The number of carbonyl (C=O) groups is 1. The zero-order valence-electron chi connectivity index (χ0n) is 14.4. The average molecular weight is 361 g/mol. The smallest absolute Gasteiger partial charge is 0.225 e. The summed E-state index contributed by atoms with van der Waals surface area (Å²) in [5.74, 6) is 0.663. The highest BCUT2D eigenvalue weighted by Crippen LogP contribution is 2.21. The van der Waals surface area contributed by atoms with Crippen molar-refractivity contribution in [3.8, 4) is 11.3 Å². The van der Waals surface area contributed by atoms with Crippen LogP contribution in [-0.4, -0.2) is 40.6 Å². The van der Waals surface area contributed by atoms with Crippen LogP contribution in [0.4, 0.5) is 5.82 Å². The second-order valence-corrected chi connectivity index (χ2v) is 7.02. The maximum Gasteiger partial charge on any atom is 0.225 e. The van der Waals surface area contributed by atoms with Gasteiger partial charge in [-0.15, -0.1) is 0 Å². The molecule has 2 heterocycles. The molecule has 1 fully saturated rings. The predicted octanol–water partition coefficient (Wildman–Crippen LogP) is 4.32. The molecule has 6 heteroatoms. The number of hydrogen-bond donors (Lipinski definition) is 2. The number of amides is 1. The molecule has 0 radical (unpaired) electrons. The number of anilines is 1. The van der Waals surface area contributed by atoms with Crippen molar-refractivity contribution in [3.05, 3.63) is 35.4 Å². The topological polar surface area (TPSA) is 61.0 Å². The normalized spacial score (nSPS) is 15.2. The van der Waals surface area contributed by atoms with E-state index in [-0.39, 0.29) is 5.91 Å². The number of likely N-dealkylation sites (tertiary alicyclic amines) is 1. The number of nitrogens with one attached hydrogen (secondary N) is 2. The molecule has 2 aromatic rings. The number of hydrogen-bond acceptors (Lipinski definition) is 3. The van der Waals surface area contributed by atoms with Gasteiger partial charge in [0.15, 0.2) is 0 Å². The molecular weight excluding hydrogens is 336 g/mol. The van der Waals surface area contributed by atoms with Crippen molar-refractivity contribution in [1.82, 2.24) is 15.1 Å². The Morgan fingerprint density at radius 2 is 1.92 bits per heavy atom. The van der Waals surface area contributed by atoms with E-state index < -0.39 is 0 Å². The van der Waals surface area contributed by atoms with Gasteiger partial charge in [-0.25, -0.2) is 0 Å². The zero-order chi connectivity index (χ0) is 17.5. The van der Waals surface area contributed by atoms with Gasteiger partial charge in [-0.1, -0.05) is 30.2 Å². The van der Waals surface area contributed by atoms with Gasteiger partial charge >= 0.3 is 0 Å². The predicted molar refractivity (Wildman–Crippen MR) is 102 cm³/mol. The maximum absolute atomic E-state index is 12.1. The summed E-state index contributed by atoms with van der Waals surface area (Å²) in [4.78, 5) is 14.6. The van der Waals surface area contributed by atoms with Gasteiger partial charge in [0.1, 0.15) is 5.82 Å². The number of piperidine rings is 1. The Kier molecular flexibility index (Phi) is 6.48. The lowest BCUT2D eigenvalue weighted by Crippen LogP contribution is -2.30. The molecule has 0 spiro atoms. The van der Waals surface area contributed by atoms with E-state index in [4.69, 9.17) is 11.6 Å². The van der Waals surface area contributed by atoms with Gasteiger partial charge in [-0.3, -0.25) is 9.89 Å². The molecule has 2 N–H and O–H groups in total. The quantitative estimate of drug-likeness (QED) is 0.722. The number of carbonyl (C=O) groups excluding carboxylic acids is 1. The van der Waals surface area contributed by atoms with Crippen LogP contribution in [0.1, 0.15) is 38.5 Å². The SMILES string of the molecule is O=C(CCCCN1CCCCC1)Nc1cc(-c2ccc(Cl)cc2)n[nH]1. The van der Waals surface area contributed by atoms with Gasteiger partial charge in [-0.05, 0) is 57.5 Å². The first-order valence-electron chi connectivity index (χ1n) is 9.04. The van der Waals surface area contributed by atoms with Gasteiger partial charge in [0, 0.05) is 23.1 Å². The summed E-state index contributed by atoms with van der Waals surface area (Å²) in [7, 11) is 0. The zero-order valence-corrected chi connectivity index (χ0v) is 15.2. The Hall–Kier alpha value is -1.85. The van der Waals surface area contributed by atoms with Crippen LogP contribution < -0.4 is 5.32 Å². The largest absolute Gasteiger partial charge is 0.311 e. The second kappa shape index (κ2) is 9.02. The van der Waals surface area contributed by atoms with E-state index in [1.54, 1.807) is 0 Å². The molecular formula is C19H25ClN4O. The van der Waals surface area contributed by atoms with Crippen LogP contribution >= 0.6 is 11.6 Å². The number of H-pyrrole nitrogens is 1. The number of rotatable bonds is 7. The summed E-state index contributed by atoms with van der Waals surface area (Å²) in [5, 5.41) is 10.7. The number of halogens is 1. The fourth-order valence-corrected chi connectivity index (χ4v) is 3.30. The molecule has 0 aliphatic carbocycles. The van der Waals surface area contributed by atoms with Gasteiger partial charge in [-0.2, -0.15) is 5.10 Å². The van der Waals surface area contributed by atoms with Gasteiger partial charge < -0.3 is 10.2 Å². The van der Waals surface area contributed by atoms with E-state index in [1.165, 1.54) is 32.4 Å². The molecule has 1 aromatic carbocycles. The van der Waals surface area contributed by atoms with Crippen LogP contribution in [0.25, 0.3) is 11.3 Å². The fourth-order valence-electron chi connectivity index (χ4n) is 3.17. The van der Waals surface area contributed by atoms with Gasteiger partial charge in [0.05, 0.1) is 5.69 Å². The average Bonchev–Trinajstić information content (AvgIpc) is 3.09. The number of unbranched alkanes of at least 4 members (excludes halogenated alkanes) is 1. The summed E-state index contributed by atoms with van der Waals surface area (Å²) in [6.45, 7) is 3.54. The fraction of sp³-hybridized carbons (Fsp3) is 0.474. The van der Waals surface area contributed by atoms with Crippen LogP contribution in [0.15, 0.2) is 30.3 Å². The maximum atomic E-state index is 12.1. The van der Waals surface area contributed by atoms with E-state index in [0.717, 1.165) is 30.6 Å². The molecule has 134 valence electrons.